The smallest absolute Gasteiger partial charge is 1.00 e. The molecule has 5 heteroatoms. The van der Waals surface area contributed by atoms with Gasteiger partial charge >= 0.3 is 165 Å². The molecule has 1 fully saturated rings. The van der Waals surface area contributed by atoms with Gasteiger partial charge in [0.05, 0.1) is 0 Å². The Labute approximate surface area is 181 Å². The fourth-order valence-electron chi connectivity index (χ4n) is 3.09. The minimum Gasteiger partial charge on any atom is -1.00 e. The Morgan fingerprint density at radius 3 is 2.19 bits per heavy atom. The van der Waals surface area contributed by atoms with Crippen molar-refractivity contribution in [1.82, 2.24) is 0 Å². The number of hydrogen-bond acceptors (Lipinski definition) is 1. The van der Waals surface area contributed by atoms with Gasteiger partial charge in [-0.2, -0.15) is 0 Å². The van der Waals surface area contributed by atoms with Crippen molar-refractivity contribution in [3.8, 4) is 0 Å². The molecule has 1 aliphatic rings. The molecule has 2 nitrogen and oxygen atoms in total. The van der Waals surface area contributed by atoms with Crippen molar-refractivity contribution >= 4 is 37.2 Å². The molecule has 1 heterocycles. The monoisotopic (exact) mass is 507 g/mol. The summed E-state index contributed by atoms with van der Waals surface area (Å²) in [5.41, 5.74) is 2.38. The average molecular weight is 508 g/mol. The van der Waals surface area contributed by atoms with Gasteiger partial charge in [0.1, 0.15) is 0 Å². The summed E-state index contributed by atoms with van der Waals surface area (Å²) in [5, 5.41) is 0.745. The van der Waals surface area contributed by atoms with E-state index in [2.05, 4.69) is 66.9 Å². The number of nitrogens with zero attached hydrogens (tertiary/aromatic N) is 1. The Morgan fingerprint density at radius 2 is 1.52 bits per heavy atom. The molecule has 3 aromatic rings. The van der Waals surface area contributed by atoms with Crippen molar-refractivity contribution in [3.63, 3.8) is 0 Å². The Balaban J connectivity index is 0.00000210. The third kappa shape index (κ3) is 5.03. The summed E-state index contributed by atoms with van der Waals surface area (Å²) in [5.74, 6) is 0. The molecular formula is C22H19BrClNOSe. The second kappa shape index (κ2) is 9.57. The van der Waals surface area contributed by atoms with Gasteiger partial charge in [0.15, 0.2) is 0 Å². The summed E-state index contributed by atoms with van der Waals surface area (Å²) >= 11 is 6.35. The quantitative estimate of drug-likeness (QED) is 0.383. The van der Waals surface area contributed by atoms with Crippen LogP contribution in [-0.2, 0) is 4.84 Å². The molecule has 0 radical (unpaired) electrons. The van der Waals surface area contributed by atoms with E-state index in [0.717, 1.165) is 17.2 Å². The molecule has 2 atom stereocenters. The van der Waals surface area contributed by atoms with E-state index in [1.165, 1.54) is 10.0 Å². The first-order valence-corrected chi connectivity index (χ1v) is 10.8. The number of benzene rings is 3. The van der Waals surface area contributed by atoms with E-state index >= 15 is 0 Å². The molecule has 4 rings (SSSR count). The summed E-state index contributed by atoms with van der Waals surface area (Å²) in [6, 6.07) is 29.4. The van der Waals surface area contributed by atoms with Crippen molar-refractivity contribution in [2.75, 3.05) is 6.61 Å². The maximum atomic E-state index is 6.10. The predicted octanol–water partition coefficient (Wildman–Crippen LogP) is 1.28. The second-order valence-corrected chi connectivity index (χ2v) is 9.35. The standard InChI is InChI=1S/C22H19ClNOSe.BrH/c23-19-13-11-17(12-14-19)15-24-22(18-7-3-1-4-8-18)21(16-25-24)26-20-9-5-2-6-10-20;/h1-15,21-22H,16H2;1H/q+1;/p-1/b24-15-;/t21-,22+;/m1./s1. The van der Waals surface area contributed by atoms with Gasteiger partial charge < -0.3 is 17.0 Å². The van der Waals surface area contributed by atoms with Gasteiger partial charge in [0.2, 0.25) is 0 Å². The maximum Gasteiger partial charge on any atom is -1.00 e. The third-order valence-corrected chi connectivity index (χ3v) is 7.19. The van der Waals surface area contributed by atoms with Gasteiger partial charge in [0, 0.05) is 0 Å². The predicted molar refractivity (Wildman–Crippen MR) is 108 cm³/mol. The Bertz CT molecular complexity index is 887. The van der Waals surface area contributed by atoms with Crippen molar-refractivity contribution in [2.24, 2.45) is 0 Å². The van der Waals surface area contributed by atoms with Crippen molar-refractivity contribution in [3.05, 3.63) is 101 Å². The molecule has 0 saturated carbocycles. The first kappa shape index (κ1) is 20.2. The van der Waals surface area contributed by atoms with Crippen LogP contribution in [0.3, 0.4) is 0 Å². The molecule has 0 spiro atoms. The van der Waals surface area contributed by atoms with Crippen molar-refractivity contribution < 1.29 is 26.6 Å². The van der Waals surface area contributed by atoms with Crippen LogP contribution < -0.4 is 21.4 Å². The van der Waals surface area contributed by atoms with Gasteiger partial charge in [-0.1, -0.05) is 0 Å². The minimum absolute atomic E-state index is 0. The van der Waals surface area contributed by atoms with Crippen LogP contribution in [0.1, 0.15) is 17.2 Å². The summed E-state index contributed by atoms with van der Waals surface area (Å²) in [6.45, 7) is 0.735. The average Bonchev–Trinajstić information content (AvgIpc) is 3.07. The zero-order chi connectivity index (χ0) is 17.8. The molecule has 27 heavy (non-hydrogen) atoms. The molecule has 0 bridgehead atoms. The topological polar surface area (TPSA) is 12.2 Å². The van der Waals surface area contributed by atoms with Crippen LogP contribution in [-0.4, -0.2) is 32.5 Å². The molecule has 0 unspecified atom stereocenters. The number of hydroxylamine groups is 1. The molecule has 3 aromatic carbocycles. The fraction of sp³-hybridized carbons (Fsp3) is 0.136. The second-order valence-electron chi connectivity index (χ2n) is 6.16. The van der Waals surface area contributed by atoms with Crippen LogP contribution in [0.2, 0.25) is 9.84 Å². The minimum atomic E-state index is 0. The van der Waals surface area contributed by atoms with Gasteiger partial charge in [-0.15, -0.1) is 0 Å². The van der Waals surface area contributed by atoms with E-state index in [4.69, 9.17) is 16.4 Å². The summed E-state index contributed by atoms with van der Waals surface area (Å²) in [6.07, 6.45) is 2.08. The van der Waals surface area contributed by atoms with E-state index in [1.807, 2.05) is 29.0 Å². The fourth-order valence-corrected chi connectivity index (χ4v) is 5.73. The van der Waals surface area contributed by atoms with E-state index in [9.17, 15) is 0 Å². The molecule has 0 aromatic heterocycles. The van der Waals surface area contributed by atoms with Crippen LogP contribution in [0, 0.1) is 0 Å². The van der Waals surface area contributed by atoms with Crippen LogP contribution >= 0.6 is 11.6 Å². The van der Waals surface area contributed by atoms with Crippen LogP contribution in [0.4, 0.5) is 0 Å². The maximum absolute atomic E-state index is 6.10. The normalized spacial score (nSPS) is 20.1. The molecule has 0 aliphatic carbocycles. The molecular weight excluding hydrogens is 489 g/mol. The molecule has 0 N–H and O–H groups in total. The van der Waals surface area contributed by atoms with Crippen LogP contribution in [0.15, 0.2) is 84.9 Å². The van der Waals surface area contributed by atoms with Crippen LogP contribution in [0.5, 0.6) is 0 Å². The van der Waals surface area contributed by atoms with E-state index < -0.39 is 0 Å². The first-order valence-electron chi connectivity index (χ1n) is 8.58. The molecule has 0 amide bonds. The number of hydrogen-bond donors (Lipinski definition) is 0. The molecule has 138 valence electrons. The number of rotatable bonds is 4. The largest absolute Gasteiger partial charge is 1.00 e. The zero-order valence-corrected chi connectivity index (χ0v) is 18.6. The van der Waals surface area contributed by atoms with Gasteiger partial charge in [0.25, 0.3) is 0 Å². The van der Waals surface area contributed by atoms with Crippen molar-refractivity contribution in [1.29, 1.82) is 0 Å². The Kier molecular flexibility index (Phi) is 7.14. The molecule has 1 aliphatic heterocycles. The van der Waals surface area contributed by atoms with E-state index in [0.29, 0.717) is 19.8 Å². The van der Waals surface area contributed by atoms with E-state index in [-0.39, 0.29) is 23.0 Å². The Morgan fingerprint density at radius 1 is 0.889 bits per heavy atom. The van der Waals surface area contributed by atoms with E-state index in [1.54, 1.807) is 0 Å². The third-order valence-electron chi connectivity index (χ3n) is 4.33. The van der Waals surface area contributed by atoms with Gasteiger partial charge in [-0.25, -0.2) is 0 Å². The van der Waals surface area contributed by atoms with Crippen molar-refractivity contribution in [2.45, 2.75) is 10.9 Å². The first-order chi connectivity index (χ1) is 12.8. The molecule has 1 saturated heterocycles. The van der Waals surface area contributed by atoms with Crippen LogP contribution in [0.25, 0.3) is 0 Å². The van der Waals surface area contributed by atoms with Gasteiger partial charge in [-0.3, -0.25) is 0 Å². The number of halogens is 2. The zero-order valence-electron chi connectivity index (χ0n) is 14.5. The SMILES string of the molecule is Clc1ccc(/C=[N+]2\OC[C@@H]([Se]c3ccccc3)[C@@H]2c2ccccc2)cc1.[Br-]. The summed E-state index contributed by atoms with van der Waals surface area (Å²) in [7, 11) is 0. The summed E-state index contributed by atoms with van der Waals surface area (Å²) < 4.78 is 3.43. The Hall–Kier alpha value is -1.58. The van der Waals surface area contributed by atoms with Gasteiger partial charge in [-0.05, 0) is 0 Å². The summed E-state index contributed by atoms with van der Waals surface area (Å²) in [4.78, 5) is 6.55.